The van der Waals surface area contributed by atoms with Gasteiger partial charge in [0.2, 0.25) is 10.0 Å². The number of alkyl halides is 1. The second-order valence-electron chi connectivity index (χ2n) is 7.33. The molecule has 0 bridgehead atoms. The first-order valence-corrected chi connectivity index (χ1v) is 11.8. The molecule has 0 radical (unpaired) electrons. The van der Waals surface area contributed by atoms with Crippen LogP contribution in [0, 0.1) is 5.82 Å². The van der Waals surface area contributed by atoms with Crippen LogP contribution >= 0.6 is 11.3 Å². The fourth-order valence-corrected chi connectivity index (χ4v) is 6.90. The highest BCUT2D eigenvalue weighted by atomic mass is 32.2. The number of hydrogen-bond donors (Lipinski definition) is 0. The molecule has 6 nitrogen and oxygen atoms in total. The summed E-state index contributed by atoms with van der Waals surface area (Å²) in [6.07, 6.45) is -1.43. The van der Waals surface area contributed by atoms with Gasteiger partial charge in [0.15, 0.2) is 17.0 Å². The number of fused-ring (bicyclic) bond motifs is 1. The fourth-order valence-electron chi connectivity index (χ4n) is 4.14. The minimum absolute atomic E-state index is 0.0811. The van der Waals surface area contributed by atoms with Gasteiger partial charge in [-0.25, -0.2) is 22.2 Å². The molecular formula is C20H19F2N3O3S2. The second-order valence-corrected chi connectivity index (χ2v) is 10.2. The molecule has 1 aromatic heterocycles. The van der Waals surface area contributed by atoms with Gasteiger partial charge < -0.3 is 9.64 Å². The van der Waals surface area contributed by atoms with Crippen LogP contribution in [0.1, 0.15) is 6.42 Å². The van der Waals surface area contributed by atoms with Crippen LogP contribution in [0.5, 0.6) is 0 Å². The van der Waals surface area contributed by atoms with E-state index in [0.717, 1.165) is 4.31 Å². The Morgan fingerprint density at radius 1 is 1.13 bits per heavy atom. The van der Waals surface area contributed by atoms with Crippen molar-refractivity contribution in [2.24, 2.45) is 0 Å². The van der Waals surface area contributed by atoms with E-state index in [1.165, 1.54) is 29.5 Å². The van der Waals surface area contributed by atoms with Gasteiger partial charge in [-0.3, -0.25) is 0 Å². The number of thiazole rings is 1. The predicted molar refractivity (Wildman–Crippen MR) is 110 cm³/mol. The Kier molecular flexibility index (Phi) is 4.77. The van der Waals surface area contributed by atoms with Crippen LogP contribution in [0.15, 0.2) is 53.4 Å². The molecular weight excluding hydrogens is 432 g/mol. The van der Waals surface area contributed by atoms with Gasteiger partial charge in [-0.05, 0) is 24.3 Å². The van der Waals surface area contributed by atoms with Crippen molar-refractivity contribution in [3.63, 3.8) is 0 Å². The smallest absolute Gasteiger partial charge is 0.245 e. The van der Waals surface area contributed by atoms with Gasteiger partial charge in [0.05, 0.1) is 22.7 Å². The van der Waals surface area contributed by atoms with E-state index >= 15 is 4.39 Å². The molecule has 2 aliphatic rings. The van der Waals surface area contributed by atoms with E-state index in [4.69, 9.17) is 4.74 Å². The zero-order chi connectivity index (χ0) is 20.9. The van der Waals surface area contributed by atoms with Crippen molar-refractivity contribution in [1.82, 2.24) is 9.29 Å². The SMILES string of the molecule is O=S(=O)(c1ccccc1)N1CCOC12CCN(c1nc3c(F)cccc3s1)CC2F. The Labute approximate surface area is 176 Å². The molecule has 10 heteroatoms. The van der Waals surface area contributed by atoms with Crippen LogP contribution in [0.4, 0.5) is 13.9 Å². The van der Waals surface area contributed by atoms with Gasteiger partial charge in [0.25, 0.3) is 0 Å². The van der Waals surface area contributed by atoms with E-state index < -0.39 is 27.7 Å². The first-order valence-electron chi connectivity index (χ1n) is 9.58. The number of sulfonamides is 1. The molecule has 0 aliphatic carbocycles. The number of benzene rings is 2. The van der Waals surface area contributed by atoms with E-state index in [1.54, 1.807) is 35.2 Å². The Morgan fingerprint density at radius 3 is 2.67 bits per heavy atom. The number of nitrogens with zero attached hydrogens (tertiary/aromatic N) is 3. The summed E-state index contributed by atoms with van der Waals surface area (Å²) in [5, 5.41) is 0.517. The molecule has 3 aromatic rings. The lowest BCUT2D eigenvalue weighted by atomic mass is 9.99. The number of rotatable bonds is 3. The zero-order valence-corrected chi connectivity index (χ0v) is 17.5. The van der Waals surface area contributed by atoms with Gasteiger partial charge >= 0.3 is 0 Å². The van der Waals surface area contributed by atoms with E-state index in [-0.39, 0.29) is 36.5 Å². The molecule has 2 fully saturated rings. The third-order valence-electron chi connectivity index (χ3n) is 5.64. The van der Waals surface area contributed by atoms with Crippen molar-refractivity contribution in [2.75, 3.05) is 31.1 Å². The quantitative estimate of drug-likeness (QED) is 0.611. The van der Waals surface area contributed by atoms with Crippen LogP contribution in [0.25, 0.3) is 10.2 Å². The maximum atomic E-state index is 15.5. The molecule has 5 rings (SSSR count). The van der Waals surface area contributed by atoms with Crippen molar-refractivity contribution >= 4 is 36.7 Å². The fraction of sp³-hybridized carbons (Fsp3) is 0.350. The lowest BCUT2D eigenvalue weighted by Crippen LogP contribution is -2.62. The number of ether oxygens (including phenoxy) is 1. The highest BCUT2D eigenvalue weighted by Crippen LogP contribution is 2.42. The molecule has 0 amide bonds. The summed E-state index contributed by atoms with van der Waals surface area (Å²) in [6.45, 7) is 0.508. The van der Waals surface area contributed by atoms with E-state index in [2.05, 4.69) is 4.98 Å². The normalized spacial score (nSPS) is 25.4. The number of hydrogen-bond acceptors (Lipinski definition) is 6. The molecule has 30 heavy (non-hydrogen) atoms. The number of halogens is 2. The molecule has 158 valence electrons. The third-order valence-corrected chi connectivity index (χ3v) is 8.66. The van der Waals surface area contributed by atoms with E-state index in [9.17, 15) is 12.8 Å². The zero-order valence-electron chi connectivity index (χ0n) is 15.9. The minimum Gasteiger partial charge on any atom is -0.355 e. The van der Waals surface area contributed by atoms with Crippen molar-refractivity contribution in [3.8, 4) is 0 Å². The largest absolute Gasteiger partial charge is 0.355 e. The monoisotopic (exact) mass is 451 g/mol. The summed E-state index contributed by atoms with van der Waals surface area (Å²) in [7, 11) is -3.90. The Bertz CT molecular complexity index is 1190. The van der Waals surface area contributed by atoms with Crippen LogP contribution in [-0.2, 0) is 14.8 Å². The molecule has 2 atom stereocenters. The maximum absolute atomic E-state index is 15.5. The Morgan fingerprint density at radius 2 is 1.93 bits per heavy atom. The Hall–Kier alpha value is -2.14. The molecule has 2 saturated heterocycles. The number of aromatic nitrogens is 1. The Balaban J connectivity index is 1.43. The highest BCUT2D eigenvalue weighted by Gasteiger charge is 2.57. The maximum Gasteiger partial charge on any atom is 0.245 e. The summed E-state index contributed by atoms with van der Waals surface area (Å²) in [5.41, 5.74) is -1.27. The van der Waals surface area contributed by atoms with Gasteiger partial charge in [-0.15, -0.1) is 0 Å². The van der Waals surface area contributed by atoms with Crippen LogP contribution in [0.2, 0.25) is 0 Å². The van der Waals surface area contributed by atoms with Gasteiger partial charge in [-0.1, -0.05) is 35.6 Å². The molecule has 2 unspecified atom stereocenters. The summed E-state index contributed by atoms with van der Waals surface area (Å²) in [4.78, 5) is 6.18. The van der Waals surface area contributed by atoms with Crippen LogP contribution in [0.3, 0.4) is 0 Å². The van der Waals surface area contributed by atoms with Crippen molar-refractivity contribution in [3.05, 3.63) is 54.3 Å². The second kappa shape index (κ2) is 7.23. The molecule has 3 heterocycles. The molecule has 1 spiro atoms. The number of anilines is 1. The predicted octanol–water partition coefficient (Wildman–Crippen LogP) is 3.40. The average Bonchev–Trinajstić information content (AvgIpc) is 3.37. The van der Waals surface area contributed by atoms with E-state index in [1.807, 2.05) is 0 Å². The first-order chi connectivity index (χ1) is 14.4. The molecule has 0 N–H and O–H groups in total. The summed E-state index contributed by atoms with van der Waals surface area (Å²) in [5.74, 6) is -0.417. The molecule has 2 aromatic carbocycles. The average molecular weight is 452 g/mol. The summed E-state index contributed by atoms with van der Waals surface area (Å²) in [6, 6.07) is 12.7. The summed E-state index contributed by atoms with van der Waals surface area (Å²) < 4.78 is 63.5. The standard InChI is InChI=1S/C20H19F2N3O3S2/c21-15-7-4-8-16-18(15)23-19(29-16)24-10-9-20(17(22)13-24)25(11-12-28-20)30(26,27)14-5-2-1-3-6-14/h1-8,17H,9-13H2. The van der Waals surface area contributed by atoms with Gasteiger partial charge in [0, 0.05) is 19.5 Å². The number of para-hydroxylation sites is 1. The van der Waals surface area contributed by atoms with Crippen LogP contribution in [-0.4, -0.2) is 55.8 Å². The molecule has 0 saturated carbocycles. The third kappa shape index (κ3) is 3.01. The van der Waals surface area contributed by atoms with Crippen molar-refractivity contribution in [2.45, 2.75) is 23.2 Å². The first kappa shape index (κ1) is 19.8. The lowest BCUT2D eigenvalue weighted by Gasteiger charge is -2.44. The topological polar surface area (TPSA) is 62.7 Å². The lowest BCUT2D eigenvalue weighted by molar-refractivity contribution is -0.116. The highest BCUT2D eigenvalue weighted by molar-refractivity contribution is 7.89. The van der Waals surface area contributed by atoms with Crippen molar-refractivity contribution < 1.29 is 21.9 Å². The van der Waals surface area contributed by atoms with Crippen molar-refractivity contribution in [1.29, 1.82) is 0 Å². The molecule has 2 aliphatic heterocycles. The minimum atomic E-state index is -3.90. The van der Waals surface area contributed by atoms with Crippen LogP contribution < -0.4 is 4.90 Å². The van der Waals surface area contributed by atoms with Gasteiger partial charge in [0.1, 0.15) is 11.3 Å². The van der Waals surface area contributed by atoms with Gasteiger partial charge in [-0.2, -0.15) is 4.31 Å². The number of piperidine rings is 1. The van der Waals surface area contributed by atoms with E-state index in [0.29, 0.717) is 16.4 Å². The summed E-state index contributed by atoms with van der Waals surface area (Å²) >= 11 is 1.29.